The number of aryl methyl sites for hydroxylation is 2. The summed E-state index contributed by atoms with van der Waals surface area (Å²) in [5, 5.41) is 4.55. The van der Waals surface area contributed by atoms with Gasteiger partial charge in [0.2, 0.25) is 5.91 Å². The quantitative estimate of drug-likeness (QED) is 0.884. The average Bonchev–Trinajstić information content (AvgIpc) is 3.13. The highest BCUT2D eigenvalue weighted by Crippen LogP contribution is 2.32. The molecule has 2 aromatic rings. The molecule has 2 aliphatic rings. The van der Waals surface area contributed by atoms with Gasteiger partial charge in [0, 0.05) is 42.8 Å². The van der Waals surface area contributed by atoms with Crippen molar-refractivity contribution in [3.63, 3.8) is 0 Å². The molecule has 3 heterocycles. The number of benzene rings is 1. The molecule has 2 aliphatic heterocycles. The average molecular weight is 381 g/mol. The Morgan fingerprint density at radius 3 is 2.68 bits per heavy atom. The van der Waals surface area contributed by atoms with E-state index in [1.165, 1.54) is 22.2 Å². The van der Waals surface area contributed by atoms with Crippen LogP contribution in [0.1, 0.15) is 36.8 Å². The van der Waals surface area contributed by atoms with E-state index in [0.717, 1.165) is 51.0 Å². The third-order valence-corrected chi connectivity index (χ3v) is 6.49. The highest BCUT2D eigenvalue weighted by molar-refractivity contribution is 5.96. The number of likely N-dealkylation sites (tertiary alicyclic amines) is 1. The normalized spacial score (nSPS) is 21.4. The van der Waals surface area contributed by atoms with Gasteiger partial charge in [0.05, 0.1) is 5.52 Å². The van der Waals surface area contributed by atoms with Gasteiger partial charge in [-0.2, -0.15) is 0 Å². The van der Waals surface area contributed by atoms with Crippen LogP contribution in [0.25, 0.3) is 10.9 Å². The molecule has 1 aromatic heterocycles. The molecule has 2 fully saturated rings. The maximum absolute atomic E-state index is 12.5. The second-order valence-corrected chi connectivity index (χ2v) is 8.70. The Kier molecular flexibility index (Phi) is 5.54. The van der Waals surface area contributed by atoms with Gasteiger partial charge < -0.3 is 15.1 Å². The van der Waals surface area contributed by atoms with Crippen molar-refractivity contribution < 1.29 is 4.79 Å². The number of anilines is 1. The highest BCUT2D eigenvalue weighted by atomic mass is 16.1. The zero-order valence-electron chi connectivity index (χ0n) is 17.4. The molecule has 0 radical (unpaired) electrons. The van der Waals surface area contributed by atoms with Crippen LogP contribution in [0.3, 0.4) is 0 Å². The number of carbonyl (C=O) groups excluding carboxylic acids is 1. The van der Waals surface area contributed by atoms with Crippen molar-refractivity contribution in [1.29, 1.82) is 0 Å². The Morgan fingerprint density at radius 1 is 1.11 bits per heavy atom. The number of hydrogen-bond donors (Lipinski definition) is 1. The van der Waals surface area contributed by atoms with Crippen LogP contribution in [0.2, 0.25) is 0 Å². The smallest absolute Gasteiger partial charge is 0.220 e. The van der Waals surface area contributed by atoms with E-state index in [1.807, 2.05) is 6.20 Å². The van der Waals surface area contributed by atoms with Gasteiger partial charge >= 0.3 is 0 Å². The van der Waals surface area contributed by atoms with Crippen LogP contribution in [0.5, 0.6) is 0 Å². The number of amides is 1. The second-order valence-electron chi connectivity index (χ2n) is 8.70. The SMILES string of the molecule is Cc1ccc(N2CCC(NC(=O)CC3CCN(C)CC3)C2)c2c(C)ccnc12. The number of nitrogens with zero attached hydrogens (tertiary/aromatic N) is 3. The highest BCUT2D eigenvalue weighted by Gasteiger charge is 2.27. The summed E-state index contributed by atoms with van der Waals surface area (Å²) in [4.78, 5) is 21.9. The number of hydrogen-bond acceptors (Lipinski definition) is 4. The molecule has 1 aromatic carbocycles. The topological polar surface area (TPSA) is 48.5 Å². The maximum Gasteiger partial charge on any atom is 0.220 e. The first-order chi connectivity index (χ1) is 13.5. The van der Waals surface area contributed by atoms with Crippen LogP contribution >= 0.6 is 0 Å². The van der Waals surface area contributed by atoms with Gasteiger partial charge in [0.15, 0.2) is 0 Å². The number of rotatable bonds is 4. The Balaban J connectivity index is 1.40. The molecule has 2 saturated heterocycles. The number of aromatic nitrogens is 1. The summed E-state index contributed by atoms with van der Waals surface area (Å²) >= 11 is 0. The van der Waals surface area contributed by atoms with Gasteiger partial charge in [-0.25, -0.2) is 0 Å². The third kappa shape index (κ3) is 4.00. The van der Waals surface area contributed by atoms with Crippen molar-refractivity contribution in [3.8, 4) is 0 Å². The van der Waals surface area contributed by atoms with Crippen molar-refractivity contribution in [1.82, 2.24) is 15.2 Å². The van der Waals surface area contributed by atoms with E-state index in [1.54, 1.807) is 0 Å². The molecule has 0 spiro atoms. The first-order valence-corrected chi connectivity index (χ1v) is 10.6. The number of pyridine rings is 1. The lowest BCUT2D eigenvalue weighted by Gasteiger charge is -2.28. The Morgan fingerprint density at radius 2 is 1.89 bits per heavy atom. The predicted molar refractivity (Wildman–Crippen MR) is 115 cm³/mol. The molecule has 1 amide bonds. The molecule has 0 bridgehead atoms. The van der Waals surface area contributed by atoms with Crippen LogP contribution in [-0.4, -0.2) is 55.1 Å². The molecule has 1 N–H and O–H groups in total. The summed E-state index contributed by atoms with van der Waals surface area (Å²) in [6.07, 6.45) is 5.86. The lowest BCUT2D eigenvalue weighted by Crippen LogP contribution is -2.39. The molecule has 28 heavy (non-hydrogen) atoms. The van der Waals surface area contributed by atoms with E-state index in [9.17, 15) is 4.79 Å². The Labute approximate surface area is 168 Å². The fraction of sp³-hybridized carbons (Fsp3) is 0.565. The molecule has 1 unspecified atom stereocenters. The van der Waals surface area contributed by atoms with Crippen LogP contribution in [0, 0.1) is 19.8 Å². The third-order valence-electron chi connectivity index (χ3n) is 6.49. The van der Waals surface area contributed by atoms with E-state index >= 15 is 0 Å². The molecule has 5 heteroatoms. The van der Waals surface area contributed by atoms with E-state index in [-0.39, 0.29) is 11.9 Å². The van der Waals surface area contributed by atoms with Crippen LogP contribution in [0.15, 0.2) is 24.4 Å². The minimum Gasteiger partial charge on any atom is -0.369 e. The van der Waals surface area contributed by atoms with Crippen molar-refractivity contribution in [2.75, 3.05) is 38.1 Å². The minimum atomic E-state index is 0.230. The number of fused-ring (bicyclic) bond motifs is 1. The number of piperidine rings is 1. The maximum atomic E-state index is 12.5. The molecule has 0 saturated carbocycles. The first kappa shape index (κ1) is 19.2. The van der Waals surface area contributed by atoms with Crippen LogP contribution in [0.4, 0.5) is 5.69 Å². The first-order valence-electron chi connectivity index (χ1n) is 10.6. The van der Waals surface area contributed by atoms with Gasteiger partial charge in [-0.05, 0) is 82.4 Å². The zero-order valence-corrected chi connectivity index (χ0v) is 17.4. The summed E-state index contributed by atoms with van der Waals surface area (Å²) in [5.41, 5.74) is 4.81. The zero-order chi connectivity index (χ0) is 19.7. The predicted octanol–water partition coefficient (Wildman–Crippen LogP) is 3.28. The lowest BCUT2D eigenvalue weighted by atomic mass is 9.93. The van der Waals surface area contributed by atoms with Crippen LogP contribution in [-0.2, 0) is 4.79 Å². The second kappa shape index (κ2) is 8.08. The van der Waals surface area contributed by atoms with Gasteiger partial charge in [0.25, 0.3) is 0 Å². The summed E-state index contributed by atoms with van der Waals surface area (Å²) in [5.74, 6) is 0.775. The van der Waals surface area contributed by atoms with E-state index < -0.39 is 0 Å². The lowest BCUT2D eigenvalue weighted by molar-refractivity contribution is -0.122. The van der Waals surface area contributed by atoms with Gasteiger partial charge in [0.1, 0.15) is 0 Å². The fourth-order valence-electron chi connectivity index (χ4n) is 4.72. The molecule has 150 valence electrons. The van der Waals surface area contributed by atoms with Gasteiger partial charge in [-0.3, -0.25) is 9.78 Å². The molecule has 4 rings (SSSR count). The Hall–Kier alpha value is -2.14. The van der Waals surface area contributed by atoms with Crippen molar-refractivity contribution >= 4 is 22.5 Å². The van der Waals surface area contributed by atoms with Gasteiger partial charge in [-0.1, -0.05) is 6.07 Å². The Bertz CT molecular complexity index is 857. The standard InChI is InChI=1S/C23H32N4O/c1-16-6-10-24-23-17(2)4-5-20(22(16)23)27-13-9-19(15-27)25-21(28)14-18-7-11-26(3)12-8-18/h4-6,10,18-19H,7-9,11-15H2,1-3H3,(H,25,28). The number of nitrogens with one attached hydrogen (secondary N) is 1. The van der Waals surface area contributed by atoms with Crippen LogP contribution < -0.4 is 10.2 Å². The monoisotopic (exact) mass is 380 g/mol. The van der Waals surface area contributed by atoms with Crippen molar-refractivity contribution in [2.45, 2.75) is 45.6 Å². The molecule has 0 aliphatic carbocycles. The van der Waals surface area contributed by atoms with Crippen molar-refractivity contribution in [2.24, 2.45) is 5.92 Å². The summed E-state index contributed by atoms with van der Waals surface area (Å²) in [7, 11) is 2.16. The van der Waals surface area contributed by atoms with E-state index in [0.29, 0.717) is 12.3 Å². The van der Waals surface area contributed by atoms with Gasteiger partial charge in [-0.15, -0.1) is 0 Å². The molecule has 5 nitrogen and oxygen atoms in total. The molecular weight excluding hydrogens is 348 g/mol. The van der Waals surface area contributed by atoms with E-state index in [4.69, 9.17) is 0 Å². The largest absolute Gasteiger partial charge is 0.369 e. The summed E-state index contributed by atoms with van der Waals surface area (Å²) < 4.78 is 0. The summed E-state index contributed by atoms with van der Waals surface area (Å²) in [6, 6.07) is 6.71. The number of carbonyl (C=O) groups is 1. The fourth-order valence-corrected chi connectivity index (χ4v) is 4.72. The summed E-state index contributed by atoms with van der Waals surface area (Å²) in [6.45, 7) is 8.36. The molecule has 1 atom stereocenters. The van der Waals surface area contributed by atoms with E-state index in [2.05, 4.69) is 59.2 Å². The minimum absolute atomic E-state index is 0.230. The van der Waals surface area contributed by atoms with Crippen molar-refractivity contribution in [3.05, 3.63) is 35.5 Å². The molecular formula is C23H32N4O.